The lowest BCUT2D eigenvalue weighted by molar-refractivity contribution is -0.128. The lowest BCUT2D eigenvalue weighted by Crippen LogP contribution is -2.45. The van der Waals surface area contributed by atoms with Gasteiger partial charge in [-0.25, -0.2) is 0 Å². The lowest BCUT2D eigenvalue weighted by atomic mass is 10.2. The maximum Gasteiger partial charge on any atom is 0.405 e. The molecule has 1 atom stereocenters. The molecule has 0 saturated carbocycles. The van der Waals surface area contributed by atoms with Gasteiger partial charge < -0.3 is 20.7 Å². The third kappa shape index (κ3) is 5.53. The topological polar surface area (TPSA) is 79.5 Å². The number of hydrogen-bond acceptors (Lipinski definition) is 4. The molecule has 1 fully saturated rings. The van der Waals surface area contributed by atoms with Crippen molar-refractivity contribution in [2.45, 2.75) is 12.3 Å². The Morgan fingerprint density at radius 1 is 1.26 bits per heavy atom. The van der Waals surface area contributed by atoms with Crippen LogP contribution in [0.2, 0.25) is 0 Å². The quantitative estimate of drug-likeness (QED) is 0.766. The molecule has 0 bridgehead atoms. The normalized spacial score (nSPS) is 18.3. The van der Waals surface area contributed by atoms with E-state index in [0.717, 1.165) is 0 Å². The highest BCUT2D eigenvalue weighted by molar-refractivity contribution is 5.97. The zero-order valence-electron chi connectivity index (χ0n) is 12.1. The van der Waals surface area contributed by atoms with E-state index in [-0.39, 0.29) is 11.5 Å². The average molecular weight is 331 g/mol. The molecule has 3 N–H and O–H groups in total. The molecule has 1 aliphatic rings. The van der Waals surface area contributed by atoms with Gasteiger partial charge in [-0.05, 0) is 24.3 Å². The maximum atomic E-state index is 12.0. The van der Waals surface area contributed by atoms with E-state index in [1.807, 2.05) is 0 Å². The molecule has 1 saturated heterocycles. The second-order valence-corrected chi connectivity index (χ2v) is 4.93. The monoisotopic (exact) mass is 331 g/mol. The predicted molar refractivity (Wildman–Crippen MR) is 76.1 cm³/mol. The molecule has 0 aliphatic carbocycles. The fraction of sp³-hybridized carbons (Fsp3) is 0.429. The first-order chi connectivity index (χ1) is 10.8. The second-order valence-electron chi connectivity index (χ2n) is 4.93. The fourth-order valence-corrected chi connectivity index (χ4v) is 1.94. The zero-order valence-corrected chi connectivity index (χ0v) is 12.1. The van der Waals surface area contributed by atoms with Gasteiger partial charge in [0.1, 0.15) is 12.6 Å². The minimum Gasteiger partial charge on any atom is -0.366 e. The van der Waals surface area contributed by atoms with Gasteiger partial charge in [-0.3, -0.25) is 9.59 Å². The summed E-state index contributed by atoms with van der Waals surface area (Å²) in [7, 11) is 0. The molecule has 1 heterocycles. The second kappa shape index (κ2) is 7.42. The van der Waals surface area contributed by atoms with Crippen LogP contribution in [0.3, 0.4) is 0 Å². The van der Waals surface area contributed by atoms with Crippen molar-refractivity contribution in [1.29, 1.82) is 0 Å². The number of carbonyl (C=O) groups excluding carboxylic acids is 2. The summed E-state index contributed by atoms with van der Waals surface area (Å²) >= 11 is 0. The standard InChI is InChI=1S/C14H16F3N3O3/c15-14(16,17)8-19-12(21)9-1-3-10(4-2-9)20-13(22)11-7-18-5-6-23-11/h1-4,11,18H,5-8H2,(H,19,21)(H,20,22). The van der Waals surface area contributed by atoms with Crippen LogP contribution < -0.4 is 16.0 Å². The molecule has 126 valence electrons. The number of ether oxygens (including phenoxy) is 1. The first-order valence-corrected chi connectivity index (χ1v) is 6.93. The van der Waals surface area contributed by atoms with E-state index >= 15 is 0 Å². The van der Waals surface area contributed by atoms with Crippen LogP contribution in [0.4, 0.5) is 18.9 Å². The molecule has 2 amide bonds. The van der Waals surface area contributed by atoms with E-state index < -0.39 is 24.7 Å². The minimum atomic E-state index is -4.46. The Morgan fingerprint density at radius 2 is 1.96 bits per heavy atom. The van der Waals surface area contributed by atoms with Crippen LogP contribution in [0, 0.1) is 0 Å². The summed E-state index contributed by atoms with van der Waals surface area (Å²) in [5.41, 5.74) is 0.499. The third-order valence-electron chi connectivity index (χ3n) is 3.08. The van der Waals surface area contributed by atoms with Crippen LogP contribution in [0.25, 0.3) is 0 Å². The predicted octanol–water partition coefficient (Wildman–Crippen LogP) is 0.906. The van der Waals surface area contributed by atoms with Crippen molar-refractivity contribution >= 4 is 17.5 Å². The summed E-state index contributed by atoms with van der Waals surface area (Å²) in [6.45, 7) is 0.141. The van der Waals surface area contributed by atoms with Crippen molar-refractivity contribution in [2.75, 3.05) is 31.6 Å². The summed E-state index contributed by atoms with van der Waals surface area (Å²) < 4.78 is 41.4. The van der Waals surface area contributed by atoms with Gasteiger partial charge in [0.2, 0.25) is 0 Å². The molecule has 0 aromatic heterocycles. The molecule has 1 aromatic carbocycles. The van der Waals surface area contributed by atoms with Gasteiger partial charge in [0.25, 0.3) is 11.8 Å². The van der Waals surface area contributed by atoms with Gasteiger partial charge in [0, 0.05) is 24.3 Å². The number of rotatable bonds is 4. The van der Waals surface area contributed by atoms with E-state index in [4.69, 9.17) is 4.74 Å². The third-order valence-corrected chi connectivity index (χ3v) is 3.08. The number of halogens is 3. The number of morpholine rings is 1. The van der Waals surface area contributed by atoms with Crippen molar-refractivity contribution in [3.63, 3.8) is 0 Å². The van der Waals surface area contributed by atoms with E-state index in [1.165, 1.54) is 24.3 Å². The van der Waals surface area contributed by atoms with Crippen LogP contribution in [0.1, 0.15) is 10.4 Å². The van der Waals surface area contributed by atoms with E-state index in [0.29, 0.717) is 25.4 Å². The fourth-order valence-electron chi connectivity index (χ4n) is 1.94. The van der Waals surface area contributed by atoms with Crippen LogP contribution in [-0.4, -0.2) is 50.3 Å². The summed E-state index contributed by atoms with van der Waals surface area (Å²) in [5.74, 6) is -1.16. The van der Waals surface area contributed by atoms with Crippen molar-refractivity contribution < 1.29 is 27.5 Å². The molecular formula is C14H16F3N3O3. The van der Waals surface area contributed by atoms with Crippen molar-refractivity contribution in [1.82, 2.24) is 10.6 Å². The number of alkyl halides is 3. The molecule has 1 aliphatic heterocycles. The van der Waals surface area contributed by atoms with Crippen LogP contribution in [0.5, 0.6) is 0 Å². The highest BCUT2D eigenvalue weighted by Gasteiger charge is 2.28. The number of hydrogen-bond donors (Lipinski definition) is 3. The molecule has 9 heteroatoms. The summed E-state index contributed by atoms with van der Waals surface area (Å²) in [6, 6.07) is 5.55. The van der Waals surface area contributed by atoms with Crippen LogP contribution >= 0.6 is 0 Å². The zero-order chi connectivity index (χ0) is 16.9. The minimum absolute atomic E-state index is 0.0721. The van der Waals surface area contributed by atoms with Crippen molar-refractivity contribution in [3.8, 4) is 0 Å². The molecular weight excluding hydrogens is 315 g/mol. The number of anilines is 1. The molecule has 2 rings (SSSR count). The Balaban J connectivity index is 1.88. The number of nitrogens with one attached hydrogen (secondary N) is 3. The number of carbonyl (C=O) groups is 2. The molecule has 1 aromatic rings. The van der Waals surface area contributed by atoms with Gasteiger partial charge in [-0.1, -0.05) is 0 Å². The Kier molecular flexibility index (Phi) is 5.56. The van der Waals surface area contributed by atoms with Crippen LogP contribution in [-0.2, 0) is 9.53 Å². The van der Waals surface area contributed by atoms with E-state index in [2.05, 4.69) is 10.6 Å². The molecule has 6 nitrogen and oxygen atoms in total. The van der Waals surface area contributed by atoms with Gasteiger partial charge in [0.15, 0.2) is 0 Å². The first-order valence-electron chi connectivity index (χ1n) is 6.93. The van der Waals surface area contributed by atoms with Crippen LogP contribution in [0.15, 0.2) is 24.3 Å². The molecule has 23 heavy (non-hydrogen) atoms. The first kappa shape index (κ1) is 17.2. The molecule has 0 spiro atoms. The largest absolute Gasteiger partial charge is 0.405 e. The van der Waals surface area contributed by atoms with Gasteiger partial charge in [-0.2, -0.15) is 13.2 Å². The van der Waals surface area contributed by atoms with Gasteiger partial charge in [-0.15, -0.1) is 0 Å². The maximum absolute atomic E-state index is 12.0. The summed E-state index contributed by atoms with van der Waals surface area (Å²) in [6.07, 6.45) is -5.06. The summed E-state index contributed by atoms with van der Waals surface area (Å²) in [4.78, 5) is 23.5. The molecule has 1 unspecified atom stereocenters. The van der Waals surface area contributed by atoms with Crippen molar-refractivity contribution in [2.24, 2.45) is 0 Å². The van der Waals surface area contributed by atoms with Gasteiger partial charge in [0.05, 0.1) is 6.61 Å². The number of benzene rings is 1. The Labute approximate surface area is 130 Å². The van der Waals surface area contributed by atoms with E-state index in [9.17, 15) is 22.8 Å². The number of amides is 2. The smallest absolute Gasteiger partial charge is 0.366 e. The van der Waals surface area contributed by atoms with Gasteiger partial charge >= 0.3 is 6.18 Å². The summed E-state index contributed by atoms with van der Waals surface area (Å²) in [5, 5.41) is 7.41. The van der Waals surface area contributed by atoms with E-state index in [1.54, 1.807) is 5.32 Å². The SMILES string of the molecule is O=C(NCC(F)(F)F)c1ccc(NC(=O)C2CNCCO2)cc1. The highest BCUT2D eigenvalue weighted by Crippen LogP contribution is 2.14. The Bertz CT molecular complexity index is 555. The Hall–Kier alpha value is -2.13. The average Bonchev–Trinajstić information content (AvgIpc) is 2.53. The lowest BCUT2D eigenvalue weighted by Gasteiger charge is -2.22. The van der Waals surface area contributed by atoms with Crippen molar-refractivity contribution in [3.05, 3.63) is 29.8 Å². The Morgan fingerprint density at radius 3 is 2.52 bits per heavy atom. The highest BCUT2D eigenvalue weighted by atomic mass is 19.4. The molecule has 0 radical (unpaired) electrons.